The summed E-state index contributed by atoms with van der Waals surface area (Å²) in [5.41, 5.74) is 4.42. The SMILES string of the molecule is CC(C)CC(CO)NC(C)c1ccc2c(c1)CCCC2. The summed E-state index contributed by atoms with van der Waals surface area (Å²) in [6.45, 7) is 6.82. The first-order valence-corrected chi connectivity index (χ1v) is 8.08. The number of aliphatic hydroxyl groups is 1. The van der Waals surface area contributed by atoms with Crippen molar-refractivity contribution in [3.05, 3.63) is 34.9 Å². The van der Waals surface area contributed by atoms with Gasteiger partial charge in [0, 0.05) is 12.1 Å². The van der Waals surface area contributed by atoms with Crippen LogP contribution in [0.15, 0.2) is 18.2 Å². The average molecular weight is 275 g/mol. The lowest BCUT2D eigenvalue weighted by molar-refractivity contribution is 0.215. The molecule has 1 aliphatic rings. The number of benzene rings is 1. The lowest BCUT2D eigenvalue weighted by atomic mass is 9.89. The molecule has 0 aromatic heterocycles. The summed E-state index contributed by atoms with van der Waals surface area (Å²) in [7, 11) is 0. The van der Waals surface area contributed by atoms with Crippen molar-refractivity contribution in [2.24, 2.45) is 5.92 Å². The molecule has 0 amide bonds. The molecule has 0 saturated heterocycles. The molecule has 2 N–H and O–H groups in total. The second-order valence-corrected chi connectivity index (χ2v) is 6.63. The highest BCUT2D eigenvalue weighted by molar-refractivity contribution is 5.35. The quantitative estimate of drug-likeness (QED) is 0.831. The number of hydrogen-bond donors (Lipinski definition) is 2. The van der Waals surface area contributed by atoms with Crippen LogP contribution in [0.1, 0.15) is 62.8 Å². The zero-order chi connectivity index (χ0) is 14.5. The van der Waals surface area contributed by atoms with Gasteiger partial charge in [0.2, 0.25) is 0 Å². The lowest BCUT2D eigenvalue weighted by Crippen LogP contribution is -2.35. The number of aryl methyl sites for hydroxylation is 2. The summed E-state index contributed by atoms with van der Waals surface area (Å²) in [5, 5.41) is 13.1. The molecule has 0 aliphatic heterocycles. The van der Waals surface area contributed by atoms with E-state index in [1.807, 2.05) is 0 Å². The van der Waals surface area contributed by atoms with E-state index in [0.29, 0.717) is 12.0 Å². The second-order valence-electron chi connectivity index (χ2n) is 6.63. The van der Waals surface area contributed by atoms with Crippen LogP contribution in [-0.2, 0) is 12.8 Å². The molecule has 0 saturated carbocycles. The van der Waals surface area contributed by atoms with Crippen LogP contribution in [0.3, 0.4) is 0 Å². The summed E-state index contributed by atoms with van der Waals surface area (Å²) in [5.74, 6) is 0.607. The Labute approximate surface area is 123 Å². The average Bonchev–Trinajstić information content (AvgIpc) is 2.45. The topological polar surface area (TPSA) is 32.3 Å². The second kappa shape index (κ2) is 7.24. The number of rotatable bonds is 6. The van der Waals surface area contributed by atoms with Gasteiger partial charge in [-0.05, 0) is 61.6 Å². The fraction of sp³-hybridized carbons (Fsp3) is 0.667. The Balaban J connectivity index is 2.02. The molecule has 0 spiro atoms. The van der Waals surface area contributed by atoms with Gasteiger partial charge in [-0.2, -0.15) is 0 Å². The standard InChI is InChI=1S/C18H29NO/c1-13(2)10-18(12-20)19-14(3)16-9-8-15-6-4-5-7-17(15)11-16/h8-9,11,13-14,18-20H,4-7,10,12H2,1-3H3. The largest absolute Gasteiger partial charge is 0.395 e. The third-order valence-electron chi connectivity index (χ3n) is 4.33. The van der Waals surface area contributed by atoms with Crippen molar-refractivity contribution in [1.29, 1.82) is 0 Å². The first-order valence-electron chi connectivity index (χ1n) is 8.08. The number of fused-ring (bicyclic) bond motifs is 1. The summed E-state index contributed by atoms with van der Waals surface area (Å²) >= 11 is 0. The lowest BCUT2D eigenvalue weighted by Gasteiger charge is -2.25. The number of hydrogen-bond acceptors (Lipinski definition) is 2. The monoisotopic (exact) mass is 275 g/mol. The molecule has 112 valence electrons. The fourth-order valence-electron chi connectivity index (χ4n) is 3.24. The zero-order valence-corrected chi connectivity index (χ0v) is 13.2. The van der Waals surface area contributed by atoms with Gasteiger partial charge in [0.05, 0.1) is 6.61 Å². The Morgan fingerprint density at radius 2 is 1.80 bits per heavy atom. The van der Waals surface area contributed by atoms with Gasteiger partial charge in [-0.1, -0.05) is 32.0 Å². The Kier molecular flexibility index (Phi) is 5.62. The van der Waals surface area contributed by atoms with E-state index in [4.69, 9.17) is 0 Å². The van der Waals surface area contributed by atoms with E-state index >= 15 is 0 Å². The summed E-state index contributed by atoms with van der Waals surface area (Å²) in [6.07, 6.45) is 6.15. The van der Waals surface area contributed by atoms with Gasteiger partial charge in [0.1, 0.15) is 0 Å². The van der Waals surface area contributed by atoms with E-state index in [2.05, 4.69) is 44.3 Å². The Morgan fingerprint density at radius 1 is 1.10 bits per heavy atom. The Bertz CT molecular complexity index is 427. The predicted molar refractivity (Wildman–Crippen MR) is 85.0 cm³/mol. The van der Waals surface area contributed by atoms with Crippen LogP contribution in [-0.4, -0.2) is 17.8 Å². The Morgan fingerprint density at radius 3 is 2.45 bits per heavy atom. The molecule has 2 heteroatoms. The third-order valence-corrected chi connectivity index (χ3v) is 4.33. The van der Waals surface area contributed by atoms with Gasteiger partial charge in [-0.3, -0.25) is 0 Å². The highest BCUT2D eigenvalue weighted by Crippen LogP contribution is 2.25. The van der Waals surface area contributed by atoms with Crippen LogP contribution in [0.4, 0.5) is 0 Å². The van der Waals surface area contributed by atoms with Crippen molar-refractivity contribution in [1.82, 2.24) is 5.32 Å². The van der Waals surface area contributed by atoms with Crippen LogP contribution in [0.25, 0.3) is 0 Å². The smallest absolute Gasteiger partial charge is 0.0584 e. The maximum atomic E-state index is 9.50. The van der Waals surface area contributed by atoms with Gasteiger partial charge >= 0.3 is 0 Å². The minimum atomic E-state index is 0.195. The van der Waals surface area contributed by atoms with E-state index in [0.717, 1.165) is 6.42 Å². The van der Waals surface area contributed by atoms with Crippen LogP contribution in [0.5, 0.6) is 0 Å². The minimum Gasteiger partial charge on any atom is -0.395 e. The summed E-state index contributed by atoms with van der Waals surface area (Å²) < 4.78 is 0. The highest BCUT2D eigenvalue weighted by Gasteiger charge is 2.16. The molecule has 0 fully saturated rings. The normalized spacial score (nSPS) is 17.9. The fourth-order valence-corrected chi connectivity index (χ4v) is 3.24. The predicted octanol–water partition coefficient (Wildman–Crippen LogP) is 3.62. The van der Waals surface area contributed by atoms with Gasteiger partial charge in [-0.25, -0.2) is 0 Å². The molecule has 1 aliphatic carbocycles. The molecule has 2 unspecified atom stereocenters. The molecule has 0 bridgehead atoms. The molecule has 2 nitrogen and oxygen atoms in total. The van der Waals surface area contributed by atoms with Gasteiger partial charge in [-0.15, -0.1) is 0 Å². The van der Waals surface area contributed by atoms with Gasteiger partial charge < -0.3 is 10.4 Å². The van der Waals surface area contributed by atoms with E-state index in [-0.39, 0.29) is 12.6 Å². The first-order chi connectivity index (χ1) is 9.60. The molecule has 20 heavy (non-hydrogen) atoms. The van der Waals surface area contributed by atoms with Crippen molar-refractivity contribution in [3.63, 3.8) is 0 Å². The molecular formula is C18H29NO. The van der Waals surface area contributed by atoms with Crippen LogP contribution < -0.4 is 5.32 Å². The maximum absolute atomic E-state index is 9.50. The molecule has 1 aromatic rings. The molecule has 0 radical (unpaired) electrons. The van der Waals surface area contributed by atoms with Crippen LogP contribution >= 0.6 is 0 Å². The van der Waals surface area contributed by atoms with Crippen molar-refractivity contribution in [3.8, 4) is 0 Å². The molecular weight excluding hydrogens is 246 g/mol. The van der Waals surface area contributed by atoms with Gasteiger partial charge in [0.15, 0.2) is 0 Å². The number of nitrogens with one attached hydrogen (secondary N) is 1. The Hall–Kier alpha value is -0.860. The van der Waals surface area contributed by atoms with E-state index < -0.39 is 0 Å². The molecule has 2 atom stereocenters. The molecule has 1 aromatic carbocycles. The van der Waals surface area contributed by atoms with Crippen LogP contribution in [0, 0.1) is 5.92 Å². The number of aliphatic hydroxyl groups excluding tert-OH is 1. The van der Waals surface area contributed by atoms with Crippen molar-refractivity contribution >= 4 is 0 Å². The van der Waals surface area contributed by atoms with Crippen LogP contribution in [0.2, 0.25) is 0 Å². The molecule has 2 rings (SSSR count). The zero-order valence-electron chi connectivity index (χ0n) is 13.2. The van der Waals surface area contributed by atoms with Crippen molar-refractivity contribution < 1.29 is 5.11 Å². The summed E-state index contributed by atoms with van der Waals surface area (Å²) in [4.78, 5) is 0. The molecule has 0 heterocycles. The minimum absolute atomic E-state index is 0.195. The van der Waals surface area contributed by atoms with E-state index in [1.165, 1.54) is 42.4 Å². The first kappa shape index (κ1) is 15.5. The maximum Gasteiger partial charge on any atom is 0.0584 e. The van der Waals surface area contributed by atoms with E-state index in [1.54, 1.807) is 0 Å². The highest BCUT2D eigenvalue weighted by atomic mass is 16.3. The van der Waals surface area contributed by atoms with Gasteiger partial charge in [0.25, 0.3) is 0 Å². The third kappa shape index (κ3) is 4.07. The van der Waals surface area contributed by atoms with Crippen molar-refractivity contribution in [2.45, 2.75) is 65.0 Å². The van der Waals surface area contributed by atoms with Crippen molar-refractivity contribution in [2.75, 3.05) is 6.61 Å². The van der Waals surface area contributed by atoms with E-state index in [9.17, 15) is 5.11 Å². The summed E-state index contributed by atoms with van der Waals surface area (Å²) in [6, 6.07) is 7.43.